The fraction of sp³-hybridized carbons (Fsp3) is 0.200. The molecular weight excluding hydrogens is 272 g/mol. The zero-order valence-corrected chi connectivity index (χ0v) is 11.9. The number of ether oxygens (including phenoxy) is 1. The molecule has 0 unspecified atom stereocenters. The lowest BCUT2D eigenvalue weighted by atomic mass is 10.0. The van der Waals surface area contributed by atoms with Gasteiger partial charge in [-0.15, -0.1) is 11.3 Å². The number of nitrogens with two attached hydrogens (primary N) is 1. The van der Waals surface area contributed by atoms with Gasteiger partial charge in [-0.05, 0) is 47.7 Å². The molecule has 2 N–H and O–H groups in total. The fourth-order valence-electron chi connectivity index (χ4n) is 2.26. The highest BCUT2D eigenvalue weighted by Crippen LogP contribution is 2.31. The van der Waals surface area contributed by atoms with Crippen LogP contribution in [0.2, 0.25) is 0 Å². The monoisotopic (exact) mass is 286 g/mol. The number of hydrogen-bond donors (Lipinski definition) is 1. The third-order valence-corrected chi connectivity index (χ3v) is 4.17. The highest BCUT2D eigenvalue weighted by Gasteiger charge is 2.17. The van der Waals surface area contributed by atoms with Crippen molar-refractivity contribution in [3.8, 4) is 0 Å². The molecule has 1 aromatic carbocycles. The van der Waals surface area contributed by atoms with Gasteiger partial charge in [-0.1, -0.05) is 0 Å². The molecule has 0 radical (unpaired) electrons. The lowest BCUT2D eigenvalue weighted by Crippen LogP contribution is -2.11. The summed E-state index contributed by atoms with van der Waals surface area (Å²) in [5, 5.41) is 2.01. The van der Waals surface area contributed by atoms with Crippen molar-refractivity contribution in [2.24, 2.45) is 10.7 Å². The molecule has 102 valence electrons. The van der Waals surface area contributed by atoms with E-state index in [4.69, 9.17) is 10.5 Å². The molecule has 1 aliphatic heterocycles. The normalized spacial score (nSPS) is 12.9. The van der Waals surface area contributed by atoms with Crippen LogP contribution < -0.4 is 5.73 Å². The Morgan fingerprint density at radius 3 is 3.05 bits per heavy atom. The van der Waals surface area contributed by atoms with Crippen molar-refractivity contribution in [1.82, 2.24) is 0 Å². The van der Waals surface area contributed by atoms with E-state index < -0.39 is 0 Å². The smallest absolute Gasteiger partial charge is 0.338 e. The number of carbonyl (C=O) groups is 1. The van der Waals surface area contributed by atoms with Crippen molar-refractivity contribution in [2.75, 3.05) is 6.61 Å². The molecule has 0 fully saturated rings. The molecule has 2 aromatic rings. The topological polar surface area (TPSA) is 64.7 Å². The van der Waals surface area contributed by atoms with E-state index in [1.807, 2.05) is 17.5 Å². The standard InChI is InChI=1S/C15H14N2O2S/c1-2-19-15(18)10-3-4-12-11(8-10)7-9-5-6-20-13(9)14(16)17-12/h3-6,8H,2,7H2,1H3,(H2,16,17). The van der Waals surface area contributed by atoms with Crippen LogP contribution in [0.1, 0.15) is 33.3 Å². The number of fused-ring (bicyclic) bond motifs is 2. The quantitative estimate of drug-likeness (QED) is 0.863. The molecule has 0 amide bonds. The number of thiophene rings is 1. The lowest BCUT2D eigenvalue weighted by molar-refractivity contribution is 0.0526. The molecule has 1 aromatic heterocycles. The van der Waals surface area contributed by atoms with Crippen molar-refractivity contribution in [3.63, 3.8) is 0 Å². The molecule has 3 rings (SSSR count). The van der Waals surface area contributed by atoms with Crippen LogP contribution in [0.4, 0.5) is 5.69 Å². The second-order valence-corrected chi connectivity index (χ2v) is 5.43. The van der Waals surface area contributed by atoms with Gasteiger partial charge in [0.2, 0.25) is 0 Å². The molecule has 4 nitrogen and oxygen atoms in total. The summed E-state index contributed by atoms with van der Waals surface area (Å²) in [4.78, 5) is 17.3. The van der Waals surface area contributed by atoms with E-state index in [0.29, 0.717) is 18.0 Å². The number of nitrogens with zero attached hydrogens (tertiary/aromatic N) is 1. The summed E-state index contributed by atoms with van der Waals surface area (Å²) in [6.07, 6.45) is 0.728. The molecule has 0 saturated heterocycles. The zero-order valence-electron chi connectivity index (χ0n) is 11.1. The van der Waals surface area contributed by atoms with Gasteiger partial charge < -0.3 is 10.5 Å². The van der Waals surface area contributed by atoms with E-state index in [1.54, 1.807) is 24.3 Å². The van der Waals surface area contributed by atoms with Gasteiger partial charge in [-0.3, -0.25) is 0 Å². The maximum Gasteiger partial charge on any atom is 0.338 e. The summed E-state index contributed by atoms with van der Waals surface area (Å²) in [5.41, 5.74) is 9.54. The van der Waals surface area contributed by atoms with Crippen molar-refractivity contribution in [1.29, 1.82) is 0 Å². The molecule has 0 bridgehead atoms. The highest BCUT2D eigenvalue weighted by molar-refractivity contribution is 7.12. The van der Waals surface area contributed by atoms with E-state index in [9.17, 15) is 4.79 Å². The van der Waals surface area contributed by atoms with Crippen molar-refractivity contribution in [2.45, 2.75) is 13.3 Å². The number of rotatable bonds is 2. The van der Waals surface area contributed by atoms with Crippen LogP contribution >= 0.6 is 11.3 Å². The number of benzene rings is 1. The molecule has 0 atom stereocenters. The zero-order chi connectivity index (χ0) is 14.1. The van der Waals surface area contributed by atoms with Gasteiger partial charge >= 0.3 is 5.97 Å². The Morgan fingerprint density at radius 1 is 1.40 bits per heavy atom. The second kappa shape index (κ2) is 5.09. The Morgan fingerprint density at radius 2 is 2.25 bits per heavy atom. The van der Waals surface area contributed by atoms with Crippen LogP contribution in [-0.2, 0) is 11.2 Å². The summed E-state index contributed by atoms with van der Waals surface area (Å²) in [7, 11) is 0. The first-order valence-electron chi connectivity index (χ1n) is 6.40. The fourth-order valence-corrected chi connectivity index (χ4v) is 3.09. The van der Waals surface area contributed by atoms with Crippen LogP contribution in [0.3, 0.4) is 0 Å². The van der Waals surface area contributed by atoms with Gasteiger partial charge in [-0.2, -0.15) is 0 Å². The largest absolute Gasteiger partial charge is 0.462 e. The first-order valence-corrected chi connectivity index (χ1v) is 7.28. The van der Waals surface area contributed by atoms with E-state index >= 15 is 0 Å². The second-order valence-electron chi connectivity index (χ2n) is 4.51. The number of hydrogen-bond acceptors (Lipinski definition) is 5. The minimum absolute atomic E-state index is 0.304. The minimum atomic E-state index is -0.304. The molecular formula is C15H14N2O2S. The average molecular weight is 286 g/mol. The Hall–Kier alpha value is -2.14. The van der Waals surface area contributed by atoms with Crippen molar-refractivity contribution >= 4 is 28.8 Å². The predicted molar refractivity (Wildman–Crippen MR) is 79.9 cm³/mol. The molecule has 0 aliphatic carbocycles. The van der Waals surface area contributed by atoms with E-state index in [-0.39, 0.29) is 5.97 Å². The maximum atomic E-state index is 11.8. The van der Waals surface area contributed by atoms with E-state index in [2.05, 4.69) is 11.1 Å². The number of esters is 1. The Bertz CT molecular complexity index is 704. The Labute approximate surface area is 120 Å². The number of amidine groups is 1. The van der Waals surface area contributed by atoms with Gasteiger partial charge in [0.25, 0.3) is 0 Å². The minimum Gasteiger partial charge on any atom is -0.462 e. The van der Waals surface area contributed by atoms with Gasteiger partial charge in [0, 0.05) is 6.42 Å². The average Bonchev–Trinajstić information content (AvgIpc) is 2.84. The van der Waals surface area contributed by atoms with Gasteiger partial charge in [0.15, 0.2) is 0 Å². The predicted octanol–water partition coefficient (Wildman–Crippen LogP) is 2.87. The third kappa shape index (κ3) is 2.20. The van der Waals surface area contributed by atoms with Crippen molar-refractivity contribution in [3.05, 3.63) is 51.2 Å². The molecule has 2 heterocycles. The summed E-state index contributed by atoms with van der Waals surface area (Å²) in [5.74, 6) is 0.236. The maximum absolute atomic E-state index is 11.8. The first-order chi connectivity index (χ1) is 9.69. The third-order valence-electron chi connectivity index (χ3n) is 3.19. The van der Waals surface area contributed by atoms with Crippen LogP contribution in [0, 0.1) is 0 Å². The summed E-state index contributed by atoms with van der Waals surface area (Å²) in [6, 6.07) is 7.45. The van der Waals surface area contributed by atoms with Crippen LogP contribution in [0.25, 0.3) is 0 Å². The van der Waals surface area contributed by atoms with E-state index in [1.165, 1.54) is 0 Å². The number of aliphatic imine (C=N–C) groups is 1. The Kier molecular flexibility index (Phi) is 3.28. The lowest BCUT2D eigenvalue weighted by Gasteiger charge is -2.06. The van der Waals surface area contributed by atoms with Crippen LogP contribution in [0.5, 0.6) is 0 Å². The summed E-state index contributed by atoms with van der Waals surface area (Å²) < 4.78 is 5.03. The molecule has 5 heteroatoms. The van der Waals surface area contributed by atoms with Crippen molar-refractivity contribution < 1.29 is 9.53 Å². The van der Waals surface area contributed by atoms with Gasteiger partial charge in [-0.25, -0.2) is 9.79 Å². The molecule has 0 spiro atoms. The van der Waals surface area contributed by atoms with Gasteiger partial charge in [0.05, 0.1) is 22.7 Å². The van der Waals surface area contributed by atoms with E-state index in [0.717, 1.165) is 28.1 Å². The molecule has 0 saturated carbocycles. The number of carbonyl (C=O) groups excluding carboxylic acids is 1. The Balaban J connectivity index is 2.04. The van der Waals surface area contributed by atoms with Crippen LogP contribution in [-0.4, -0.2) is 18.4 Å². The molecule has 1 aliphatic rings. The van der Waals surface area contributed by atoms with Crippen LogP contribution in [0.15, 0.2) is 34.6 Å². The SMILES string of the molecule is CCOC(=O)c1ccc2c(c1)Cc1ccsc1C(N)=N2. The summed E-state index contributed by atoms with van der Waals surface area (Å²) in [6.45, 7) is 2.17. The highest BCUT2D eigenvalue weighted by atomic mass is 32.1. The molecule has 20 heavy (non-hydrogen) atoms. The first kappa shape index (κ1) is 12.9. The van der Waals surface area contributed by atoms with Gasteiger partial charge in [0.1, 0.15) is 5.84 Å². The summed E-state index contributed by atoms with van der Waals surface area (Å²) >= 11 is 1.59.